The molecule has 0 aromatic heterocycles. The Labute approximate surface area is 208 Å². The van der Waals surface area contributed by atoms with Gasteiger partial charge < -0.3 is 9.71 Å². The summed E-state index contributed by atoms with van der Waals surface area (Å²) in [5.41, 5.74) is -1.51. The van der Waals surface area contributed by atoms with E-state index >= 15 is 0 Å². The van der Waals surface area contributed by atoms with Crippen LogP contribution in [0.3, 0.4) is 0 Å². The van der Waals surface area contributed by atoms with Gasteiger partial charge in [0.05, 0.1) is 13.3 Å². The van der Waals surface area contributed by atoms with Crippen LogP contribution in [0, 0.1) is 0 Å². The van der Waals surface area contributed by atoms with Crippen LogP contribution in [0.1, 0.15) is 33.5 Å². The lowest BCUT2D eigenvalue weighted by Gasteiger charge is -2.45. The van der Waals surface area contributed by atoms with E-state index in [9.17, 15) is 28.0 Å². The standard InChI is InChI=1S/C22H15B3ClF2N3O4/c23-16-8-17(32)29-19(34)21(16,24)30-10-12-7-11(1-6-15(12)18(30)33)9-31(25)20(35)22(27,28)13-2-4-14(26)5-3-13/h1-7,16H,8-10H2,(H,29,32,34)/t16?,21-/m0/s1. The fourth-order valence-electron chi connectivity index (χ4n) is 4.13. The minimum atomic E-state index is -3.89. The molecule has 2 aliphatic heterocycles. The second-order valence-corrected chi connectivity index (χ2v) is 8.85. The molecule has 35 heavy (non-hydrogen) atoms. The van der Waals surface area contributed by atoms with Crippen LogP contribution in [0.2, 0.25) is 10.8 Å². The lowest BCUT2D eigenvalue weighted by molar-refractivity contribution is -0.154. The number of rotatable bonds is 5. The van der Waals surface area contributed by atoms with Crippen LogP contribution in [0.25, 0.3) is 0 Å². The lowest BCUT2D eigenvalue weighted by atomic mass is 9.56. The Balaban J connectivity index is 1.52. The molecule has 4 amide bonds. The maximum absolute atomic E-state index is 14.7. The van der Waals surface area contributed by atoms with E-state index in [0.29, 0.717) is 15.9 Å². The number of benzene rings is 2. The zero-order valence-corrected chi connectivity index (χ0v) is 18.9. The summed E-state index contributed by atoms with van der Waals surface area (Å²) < 4.78 is 29.3. The molecule has 6 radical (unpaired) electrons. The monoisotopic (exact) mass is 491 g/mol. The molecule has 0 bridgehead atoms. The second-order valence-electron chi connectivity index (χ2n) is 8.41. The molecule has 7 nitrogen and oxygen atoms in total. The summed E-state index contributed by atoms with van der Waals surface area (Å²) in [7, 11) is 17.8. The van der Waals surface area contributed by atoms with Crippen molar-refractivity contribution in [2.75, 3.05) is 0 Å². The molecule has 1 N–H and O–H groups in total. The van der Waals surface area contributed by atoms with E-state index in [1.165, 1.54) is 30.3 Å². The average Bonchev–Trinajstić information content (AvgIpc) is 3.13. The molecule has 2 heterocycles. The molecule has 0 aliphatic carbocycles. The number of carbonyl (C=O) groups is 4. The predicted molar refractivity (Wildman–Crippen MR) is 124 cm³/mol. The zero-order chi connectivity index (χ0) is 25.7. The minimum Gasteiger partial charge on any atom is -0.387 e. The molecular weight excluding hydrogens is 476 g/mol. The Hall–Kier alpha value is -3.14. The molecule has 2 aromatic rings. The SMILES string of the molecule is [B]C1CC(=O)NC(=O)[C@@]1([B])N1Cc2cc(CN([B])C(=O)C(F)(F)c3ccc(Cl)cc3)ccc2C1=O. The first kappa shape index (κ1) is 25.0. The summed E-state index contributed by atoms with van der Waals surface area (Å²) in [6, 6.07) is 8.91. The molecule has 2 aliphatic rings. The van der Waals surface area contributed by atoms with E-state index in [-0.39, 0.29) is 30.1 Å². The van der Waals surface area contributed by atoms with Crippen LogP contribution in [0.5, 0.6) is 0 Å². The van der Waals surface area contributed by atoms with Crippen molar-refractivity contribution in [3.05, 3.63) is 69.7 Å². The third-order valence-electron chi connectivity index (χ3n) is 6.10. The molecule has 0 saturated carbocycles. The normalized spacial score (nSPS) is 22.1. The summed E-state index contributed by atoms with van der Waals surface area (Å²) in [5, 5.41) is 2.33. The highest BCUT2D eigenvalue weighted by Crippen LogP contribution is 2.38. The van der Waals surface area contributed by atoms with Gasteiger partial charge in [-0.25, -0.2) is 0 Å². The zero-order valence-electron chi connectivity index (χ0n) is 18.1. The number of hydrogen-bond donors (Lipinski definition) is 1. The Morgan fingerprint density at radius 1 is 1.20 bits per heavy atom. The first-order valence-corrected chi connectivity index (χ1v) is 10.8. The second kappa shape index (κ2) is 8.82. The molecule has 172 valence electrons. The highest BCUT2D eigenvalue weighted by atomic mass is 35.5. The van der Waals surface area contributed by atoms with Gasteiger partial charge in [-0.1, -0.05) is 35.9 Å². The summed E-state index contributed by atoms with van der Waals surface area (Å²) >= 11 is 5.71. The van der Waals surface area contributed by atoms with E-state index < -0.39 is 46.4 Å². The Morgan fingerprint density at radius 2 is 1.86 bits per heavy atom. The van der Waals surface area contributed by atoms with Gasteiger partial charge in [0.15, 0.2) is 0 Å². The smallest absolute Gasteiger partial charge is 0.348 e. The topological polar surface area (TPSA) is 86.8 Å². The number of halogens is 3. The molecule has 2 atom stereocenters. The van der Waals surface area contributed by atoms with Crippen molar-refractivity contribution in [1.82, 2.24) is 15.0 Å². The maximum atomic E-state index is 14.7. The number of carbonyl (C=O) groups excluding carboxylic acids is 4. The van der Waals surface area contributed by atoms with E-state index in [0.717, 1.165) is 17.0 Å². The van der Waals surface area contributed by atoms with Crippen molar-refractivity contribution >= 4 is 58.9 Å². The molecule has 13 heteroatoms. The Kier molecular flexibility index (Phi) is 6.29. The van der Waals surface area contributed by atoms with E-state index in [4.69, 9.17) is 35.3 Å². The van der Waals surface area contributed by atoms with Gasteiger partial charge in [-0.2, -0.15) is 8.78 Å². The first-order valence-electron chi connectivity index (χ1n) is 10.4. The van der Waals surface area contributed by atoms with Crippen LogP contribution >= 0.6 is 11.6 Å². The van der Waals surface area contributed by atoms with Gasteiger partial charge in [0.1, 0.15) is 7.85 Å². The first-order chi connectivity index (χ1) is 16.4. The number of fused-ring (bicyclic) bond motifs is 1. The average molecular weight is 491 g/mol. The molecule has 1 saturated heterocycles. The summed E-state index contributed by atoms with van der Waals surface area (Å²) in [6.45, 7) is -0.501. The van der Waals surface area contributed by atoms with Crippen molar-refractivity contribution in [2.45, 2.75) is 36.7 Å². The van der Waals surface area contributed by atoms with E-state index in [1.54, 1.807) is 0 Å². The molecule has 0 spiro atoms. The van der Waals surface area contributed by atoms with Gasteiger partial charge >= 0.3 is 5.92 Å². The number of nitrogens with zero attached hydrogens (tertiary/aromatic N) is 2. The van der Waals surface area contributed by atoms with Gasteiger partial charge in [-0.15, -0.1) is 0 Å². The number of imide groups is 1. The fraction of sp³-hybridized carbons (Fsp3) is 0.273. The largest absolute Gasteiger partial charge is 0.387 e. The van der Waals surface area contributed by atoms with Gasteiger partial charge in [-0.05, 0) is 35.1 Å². The number of alkyl halides is 2. The van der Waals surface area contributed by atoms with E-state index in [1.807, 2.05) is 0 Å². The van der Waals surface area contributed by atoms with E-state index in [2.05, 4.69) is 5.32 Å². The Bertz CT molecular complexity index is 1250. The minimum absolute atomic E-state index is 0.118. The van der Waals surface area contributed by atoms with Crippen LogP contribution in [0.4, 0.5) is 8.78 Å². The quantitative estimate of drug-likeness (QED) is 0.506. The summed E-state index contributed by atoms with van der Waals surface area (Å²) in [6.07, 6.45) is -0.250. The van der Waals surface area contributed by atoms with Gasteiger partial charge in [-0.3, -0.25) is 24.5 Å². The van der Waals surface area contributed by atoms with Crippen LogP contribution in [-0.4, -0.2) is 62.5 Å². The van der Waals surface area contributed by atoms with Crippen molar-refractivity contribution in [3.63, 3.8) is 0 Å². The lowest BCUT2D eigenvalue weighted by Crippen LogP contribution is -2.66. The molecule has 1 unspecified atom stereocenters. The highest BCUT2D eigenvalue weighted by molar-refractivity contribution is 6.38. The number of hydrogen-bond acceptors (Lipinski definition) is 4. The number of nitrogens with one attached hydrogen (secondary N) is 1. The Morgan fingerprint density at radius 3 is 2.49 bits per heavy atom. The molecule has 2 aromatic carbocycles. The summed E-state index contributed by atoms with van der Waals surface area (Å²) in [5.74, 6) is -8.73. The highest BCUT2D eigenvalue weighted by Gasteiger charge is 2.51. The van der Waals surface area contributed by atoms with Crippen molar-refractivity contribution in [2.24, 2.45) is 0 Å². The number of piperidine rings is 1. The van der Waals surface area contributed by atoms with Gasteiger partial charge in [0.25, 0.3) is 11.8 Å². The number of amides is 4. The van der Waals surface area contributed by atoms with Crippen molar-refractivity contribution < 1.29 is 28.0 Å². The van der Waals surface area contributed by atoms with Gasteiger partial charge in [0.2, 0.25) is 19.8 Å². The molecule has 4 rings (SSSR count). The third kappa shape index (κ3) is 4.24. The predicted octanol–water partition coefficient (Wildman–Crippen LogP) is 1.37. The van der Waals surface area contributed by atoms with Crippen molar-refractivity contribution in [1.29, 1.82) is 0 Å². The van der Waals surface area contributed by atoms with Crippen molar-refractivity contribution in [3.8, 4) is 0 Å². The molecular formula is C22H15B3ClF2N3O4. The van der Waals surface area contributed by atoms with Crippen LogP contribution in [0.15, 0.2) is 42.5 Å². The fourth-order valence-corrected chi connectivity index (χ4v) is 4.25. The van der Waals surface area contributed by atoms with Gasteiger partial charge in [0, 0.05) is 35.7 Å². The summed E-state index contributed by atoms with van der Waals surface area (Å²) in [4.78, 5) is 50.9. The van der Waals surface area contributed by atoms with Crippen LogP contribution < -0.4 is 5.32 Å². The maximum Gasteiger partial charge on any atom is 0.348 e. The van der Waals surface area contributed by atoms with Crippen LogP contribution in [-0.2, 0) is 33.4 Å². The molecule has 1 fully saturated rings. The third-order valence-corrected chi connectivity index (χ3v) is 6.35.